The molecular weight excluding hydrogens is 180 g/mol. The number of nitrogens with one attached hydrogen (secondary N) is 1. The van der Waals surface area contributed by atoms with Gasteiger partial charge in [0.2, 0.25) is 5.91 Å². The fourth-order valence-corrected chi connectivity index (χ4v) is 1.60. The van der Waals surface area contributed by atoms with Crippen LogP contribution < -0.4 is 11.1 Å². The Morgan fingerprint density at radius 3 is 3.07 bits per heavy atom. The average molecular weight is 200 g/mol. The van der Waals surface area contributed by atoms with Crippen molar-refractivity contribution < 1.29 is 9.53 Å². The highest BCUT2D eigenvalue weighted by Gasteiger charge is 2.19. The van der Waals surface area contributed by atoms with Gasteiger partial charge in [-0.05, 0) is 19.3 Å². The predicted octanol–water partition coefficient (Wildman–Crippen LogP) is 0.409. The highest BCUT2D eigenvalue weighted by Crippen LogP contribution is 2.06. The summed E-state index contributed by atoms with van der Waals surface area (Å²) >= 11 is 0. The molecule has 0 spiro atoms. The first-order chi connectivity index (χ1) is 6.74. The van der Waals surface area contributed by atoms with Crippen LogP contribution in [0.4, 0.5) is 0 Å². The molecular formula is C10H20N2O2. The standard InChI is InChI=1S/C10H20N2O2/c1-2-4-9(11)10(13)12-8-5-3-6-14-7-8/h8-9H,2-7,11H2,1H3,(H,12,13). The van der Waals surface area contributed by atoms with Crippen LogP contribution in [0.2, 0.25) is 0 Å². The van der Waals surface area contributed by atoms with E-state index in [-0.39, 0.29) is 18.0 Å². The Bertz CT molecular complexity index is 179. The lowest BCUT2D eigenvalue weighted by Crippen LogP contribution is -2.48. The van der Waals surface area contributed by atoms with E-state index in [0.29, 0.717) is 6.61 Å². The Hall–Kier alpha value is -0.610. The molecule has 3 N–H and O–H groups in total. The lowest BCUT2D eigenvalue weighted by atomic mass is 10.1. The minimum absolute atomic E-state index is 0.0395. The monoisotopic (exact) mass is 200 g/mol. The largest absolute Gasteiger partial charge is 0.379 e. The fourth-order valence-electron chi connectivity index (χ4n) is 1.60. The summed E-state index contributed by atoms with van der Waals surface area (Å²) in [6.07, 6.45) is 3.72. The third kappa shape index (κ3) is 3.64. The third-order valence-corrected chi connectivity index (χ3v) is 2.44. The van der Waals surface area contributed by atoms with Crippen molar-refractivity contribution in [2.75, 3.05) is 13.2 Å². The van der Waals surface area contributed by atoms with E-state index in [0.717, 1.165) is 32.3 Å². The minimum Gasteiger partial charge on any atom is -0.379 e. The van der Waals surface area contributed by atoms with Gasteiger partial charge in [0, 0.05) is 6.61 Å². The Morgan fingerprint density at radius 1 is 1.71 bits per heavy atom. The van der Waals surface area contributed by atoms with Crippen LogP contribution in [0, 0.1) is 0 Å². The van der Waals surface area contributed by atoms with E-state index < -0.39 is 0 Å². The number of amides is 1. The van der Waals surface area contributed by atoms with E-state index in [1.807, 2.05) is 6.92 Å². The Kier molecular flexibility index (Phi) is 4.90. The Labute approximate surface area is 85.2 Å². The number of hydrogen-bond donors (Lipinski definition) is 2. The summed E-state index contributed by atoms with van der Waals surface area (Å²) in [5.41, 5.74) is 5.69. The highest BCUT2D eigenvalue weighted by atomic mass is 16.5. The summed E-state index contributed by atoms with van der Waals surface area (Å²) in [5.74, 6) is -0.0395. The van der Waals surface area contributed by atoms with Crippen LogP contribution in [-0.4, -0.2) is 31.2 Å². The van der Waals surface area contributed by atoms with Crippen molar-refractivity contribution in [3.63, 3.8) is 0 Å². The van der Waals surface area contributed by atoms with Gasteiger partial charge in [-0.15, -0.1) is 0 Å². The molecule has 2 atom stereocenters. The zero-order chi connectivity index (χ0) is 10.4. The number of ether oxygens (including phenoxy) is 1. The number of hydrogen-bond acceptors (Lipinski definition) is 3. The molecule has 4 nitrogen and oxygen atoms in total. The van der Waals surface area contributed by atoms with E-state index in [4.69, 9.17) is 10.5 Å². The zero-order valence-corrected chi connectivity index (χ0v) is 8.79. The van der Waals surface area contributed by atoms with Gasteiger partial charge in [-0.25, -0.2) is 0 Å². The van der Waals surface area contributed by atoms with Gasteiger partial charge >= 0.3 is 0 Å². The molecule has 14 heavy (non-hydrogen) atoms. The van der Waals surface area contributed by atoms with Gasteiger partial charge in [0.15, 0.2) is 0 Å². The molecule has 82 valence electrons. The van der Waals surface area contributed by atoms with Crippen molar-refractivity contribution in [2.24, 2.45) is 5.73 Å². The van der Waals surface area contributed by atoms with Crippen molar-refractivity contribution >= 4 is 5.91 Å². The predicted molar refractivity (Wildman–Crippen MR) is 54.9 cm³/mol. The minimum atomic E-state index is -0.359. The molecule has 0 aromatic carbocycles. The molecule has 2 unspecified atom stereocenters. The summed E-state index contributed by atoms with van der Waals surface area (Å²) < 4.78 is 5.27. The van der Waals surface area contributed by atoms with Gasteiger partial charge < -0.3 is 15.8 Å². The van der Waals surface area contributed by atoms with Crippen LogP contribution in [0.5, 0.6) is 0 Å². The molecule has 0 bridgehead atoms. The molecule has 1 heterocycles. The van der Waals surface area contributed by atoms with E-state index in [1.54, 1.807) is 0 Å². The van der Waals surface area contributed by atoms with E-state index in [1.165, 1.54) is 0 Å². The molecule has 0 aromatic rings. The van der Waals surface area contributed by atoms with Gasteiger partial charge in [0.25, 0.3) is 0 Å². The average Bonchev–Trinajstić information content (AvgIpc) is 2.19. The van der Waals surface area contributed by atoms with Crippen LogP contribution >= 0.6 is 0 Å². The fraction of sp³-hybridized carbons (Fsp3) is 0.900. The van der Waals surface area contributed by atoms with Crippen molar-refractivity contribution in [1.29, 1.82) is 0 Å². The lowest BCUT2D eigenvalue weighted by molar-refractivity contribution is -0.124. The second-order valence-electron chi connectivity index (χ2n) is 3.82. The maximum Gasteiger partial charge on any atom is 0.237 e. The maximum absolute atomic E-state index is 11.5. The number of nitrogens with two attached hydrogens (primary N) is 1. The van der Waals surface area contributed by atoms with Gasteiger partial charge in [-0.2, -0.15) is 0 Å². The zero-order valence-electron chi connectivity index (χ0n) is 8.79. The molecule has 0 radical (unpaired) electrons. The first-order valence-electron chi connectivity index (χ1n) is 5.37. The van der Waals surface area contributed by atoms with Crippen molar-refractivity contribution in [3.05, 3.63) is 0 Å². The number of carbonyl (C=O) groups is 1. The molecule has 1 saturated heterocycles. The Balaban J connectivity index is 2.24. The van der Waals surface area contributed by atoms with Crippen LogP contribution in [-0.2, 0) is 9.53 Å². The molecule has 1 aliphatic rings. The smallest absolute Gasteiger partial charge is 0.237 e. The summed E-state index contributed by atoms with van der Waals surface area (Å²) in [4.78, 5) is 11.5. The molecule has 1 amide bonds. The topological polar surface area (TPSA) is 64.4 Å². The van der Waals surface area contributed by atoms with E-state index >= 15 is 0 Å². The van der Waals surface area contributed by atoms with Crippen molar-refractivity contribution in [1.82, 2.24) is 5.32 Å². The van der Waals surface area contributed by atoms with Crippen LogP contribution in [0.25, 0.3) is 0 Å². The first-order valence-corrected chi connectivity index (χ1v) is 5.37. The second-order valence-corrected chi connectivity index (χ2v) is 3.82. The molecule has 0 aliphatic carbocycles. The van der Waals surface area contributed by atoms with Gasteiger partial charge in [-0.1, -0.05) is 13.3 Å². The molecule has 0 saturated carbocycles. The summed E-state index contributed by atoms with van der Waals surface area (Å²) in [6.45, 7) is 3.47. The second kappa shape index (κ2) is 5.98. The van der Waals surface area contributed by atoms with Crippen molar-refractivity contribution in [2.45, 2.75) is 44.7 Å². The maximum atomic E-state index is 11.5. The highest BCUT2D eigenvalue weighted by molar-refractivity contribution is 5.81. The van der Waals surface area contributed by atoms with E-state index in [9.17, 15) is 4.79 Å². The lowest BCUT2D eigenvalue weighted by Gasteiger charge is -2.24. The quantitative estimate of drug-likeness (QED) is 0.691. The van der Waals surface area contributed by atoms with Gasteiger partial charge in [0.05, 0.1) is 18.7 Å². The van der Waals surface area contributed by atoms with Crippen LogP contribution in [0.15, 0.2) is 0 Å². The normalized spacial score (nSPS) is 24.3. The Morgan fingerprint density at radius 2 is 2.50 bits per heavy atom. The summed E-state index contributed by atoms with van der Waals surface area (Å²) in [5, 5.41) is 2.91. The molecule has 1 rings (SSSR count). The van der Waals surface area contributed by atoms with Gasteiger partial charge in [-0.3, -0.25) is 4.79 Å². The third-order valence-electron chi connectivity index (χ3n) is 2.44. The SMILES string of the molecule is CCCC(N)C(=O)NC1CCCOC1. The molecule has 1 aliphatic heterocycles. The number of carbonyl (C=O) groups excluding carboxylic acids is 1. The van der Waals surface area contributed by atoms with E-state index in [2.05, 4.69) is 5.32 Å². The summed E-state index contributed by atoms with van der Waals surface area (Å²) in [7, 11) is 0. The molecule has 1 fully saturated rings. The van der Waals surface area contributed by atoms with Gasteiger partial charge in [0.1, 0.15) is 0 Å². The molecule has 4 heteroatoms. The van der Waals surface area contributed by atoms with Crippen LogP contribution in [0.1, 0.15) is 32.6 Å². The molecule has 0 aromatic heterocycles. The summed E-state index contributed by atoms with van der Waals surface area (Å²) in [6, 6.07) is -0.193. The first kappa shape index (κ1) is 11.5. The number of rotatable bonds is 4. The van der Waals surface area contributed by atoms with Crippen molar-refractivity contribution in [3.8, 4) is 0 Å². The van der Waals surface area contributed by atoms with Crippen LogP contribution in [0.3, 0.4) is 0 Å².